The Balaban J connectivity index is 0.000000376. The van der Waals surface area contributed by atoms with Crippen LogP contribution in [0.3, 0.4) is 0 Å². The average Bonchev–Trinajstić information content (AvgIpc) is 2.72. The molecule has 0 heterocycles. The van der Waals surface area contributed by atoms with E-state index in [1.54, 1.807) is 60.7 Å². The van der Waals surface area contributed by atoms with Crippen molar-refractivity contribution in [3.63, 3.8) is 0 Å². The quantitative estimate of drug-likeness (QED) is 0.613. The number of aromatic carboxylic acids is 2. The normalized spacial score (nSPS) is 9.93. The molecule has 2 aromatic rings. The van der Waals surface area contributed by atoms with Gasteiger partial charge in [-0.25, -0.2) is 9.59 Å². The van der Waals surface area contributed by atoms with E-state index in [9.17, 15) is 9.59 Å². The van der Waals surface area contributed by atoms with E-state index >= 15 is 0 Å². The molecule has 0 aliphatic carbocycles. The van der Waals surface area contributed by atoms with Gasteiger partial charge in [0.1, 0.15) is 0 Å². The molecule has 0 radical (unpaired) electrons. The summed E-state index contributed by atoms with van der Waals surface area (Å²) in [6, 6.07) is 16.6. The highest BCUT2D eigenvalue weighted by atomic mass is 16.4. The predicted octanol–water partition coefficient (Wildman–Crippen LogP) is 3.55. The Bertz CT molecular complexity index is 584. The van der Waals surface area contributed by atoms with Gasteiger partial charge in [-0.2, -0.15) is 0 Å². The van der Waals surface area contributed by atoms with Crippen LogP contribution < -0.4 is 0 Å². The highest BCUT2D eigenvalue weighted by molar-refractivity contribution is 5.87. The zero-order chi connectivity index (χ0) is 20.7. The Kier molecular flexibility index (Phi) is 12.1. The predicted molar refractivity (Wildman–Crippen MR) is 104 cm³/mol. The molecule has 0 aliphatic rings. The molecule has 0 aliphatic heterocycles. The number of aliphatic hydroxyl groups excluding tert-OH is 2. The van der Waals surface area contributed by atoms with Crippen molar-refractivity contribution in [2.24, 2.45) is 5.41 Å². The molecule has 0 spiro atoms. The second-order valence-electron chi connectivity index (χ2n) is 5.87. The minimum absolute atomic E-state index is 0.0938. The van der Waals surface area contributed by atoms with E-state index in [0.29, 0.717) is 11.1 Å². The summed E-state index contributed by atoms with van der Waals surface area (Å²) in [5.41, 5.74) is 0.440. The second kappa shape index (κ2) is 13.5. The fraction of sp³-hybridized carbons (Fsp3) is 0.333. The molecule has 0 bridgehead atoms. The first kappa shape index (κ1) is 24.3. The summed E-state index contributed by atoms with van der Waals surface area (Å²) in [4.78, 5) is 20.4. The van der Waals surface area contributed by atoms with Crippen LogP contribution in [0, 0.1) is 5.41 Å². The fourth-order valence-corrected chi connectivity index (χ4v) is 1.91. The van der Waals surface area contributed by atoms with E-state index in [0.717, 1.165) is 12.8 Å². The summed E-state index contributed by atoms with van der Waals surface area (Å²) in [7, 11) is 0. The fourth-order valence-electron chi connectivity index (χ4n) is 1.91. The zero-order valence-electron chi connectivity index (χ0n) is 15.7. The number of carboxylic acid groups (broad SMARTS) is 2. The van der Waals surface area contributed by atoms with E-state index in [1.807, 2.05) is 13.8 Å². The van der Waals surface area contributed by atoms with Crippen molar-refractivity contribution in [1.29, 1.82) is 0 Å². The summed E-state index contributed by atoms with van der Waals surface area (Å²) < 4.78 is 0. The third-order valence-electron chi connectivity index (χ3n) is 4.21. The van der Waals surface area contributed by atoms with Gasteiger partial charge in [-0.15, -0.1) is 0 Å². The van der Waals surface area contributed by atoms with Gasteiger partial charge in [0.25, 0.3) is 0 Å². The summed E-state index contributed by atoms with van der Waals surface area (Å²) in [5.74, 6) is -1.76. The molecule has 0 unspecified atom stereocenters. The molecule has 0 saturated heterocycles. The molecule has 0 saturated carbocycles. The molecule has 0 aromatic heterocycles. The molecule has 0 amide bonds. The number of carbonyl (C=O) groups is 2. The van der Waals surface area contributed by atoms with Gasteiger partial charge in [0.15, 0.2) is 0 Å². The van der Waals surface area contributed by atoms with Crippen LogP contribution in [0.2, 0.25) is 0 Å². The van der Waals surface area contributed by atoms with Gasteiger partial charge in [0.05, 0.1) is 24.3 Å². The van der Waals surface area contributed by atoms with Gasteiger partial charge >= 0.3 is 11.9 Å². The maximum Gasteiger partial charge on any atom is 0.335 e. The molecular weight excluding hydrogens is 348 g/mol. The minimum Gasteiger partial charge on any atom is -0.478 e. The van der Waals surface area contributed by atoms with Crippen molar-refractivity contribution in [1.82, 2.24) is 0 Å². The first-order chi connectivity index (χ1) is 12.9. The lowest BCUT2D eigenvalue weighted by Gasteiger charge is -2.25. The molecule has 6 heteroatoms. The Morgan fingerprint density at radius 2 is 1.00 bits per heavy atom. The van der Waals surface area contributed by atoms with Crippen LogP contribution in [0.5, 0.6) is 0 Å². The van der Waals surface area contributed by atoms with Gasteiger partial charge in [0.2, 0.25) is 0 Å². The molecule has 0 fully saturated rings. The van der Waals surface area contributed by atoms with Crippen LogP contribution in [-0.2, 0) is 0 Å². The Morgan fingerprint density at radius 1 is 0.704 bits per heavy atom. The van der Waals surface area contributed by atoms with Gasteiger partial charge in [-0.1, -0.05) is 50.2 Å². The largest absolute Gasteiger partial charge is 0.478 e. The second-order valence-corrected chi connectivity index (χ2v) is 5.87. The SMILES string of the molecule is CCC(CC)(CO)CO.O=C(O)c1ccccc1.O=C(O)c1ccccc1. The van der Waals surface area contributed by atoms with Crippen LogP contribution in [0.15, 0.2) is 60.7 Å². The Morgan fingerprint density at radius 3 is 1.11 bits per heavy atom. The van der Waals surface area contributed by atoms with Crippen molar-refractivity contribution in [2.45, 2.75) is 26.7 Å². The number of benzene rings is 2. The lowest BCUT2D eigenvalue weighted by atomic mass is 9.84. The molecule has 2 aromatic carbocycles. The summed E-state index contributed by atoms with van der Waals surface area (Å²) in [6.45, 7) is 4.15. The van der Waals surface area contributed by atoms with E-state index in [2.05, 4.69) is 0 Å². The van der Waals surface area contributed by atoms with Crippen LogP contribution in [0.25, 0.3) is 0 Å². The molecule has 2 rings (SSSR count). The zero-order valence-corrected chi connectivity index (χ0v) is 15.7. The summed E-state index contributed by atoms with van der Waals surface area (Å²) in [6.07, 6.45) is 1.69. The lowest BCUT2D eigenvalue weighted by molar-refractivity contribution is 0.0480. The van der Waals surface area contributed by atoms with Crippen LogP contribution >= 0.6 is 0 Å². The monoisotopic (exact) mass is 376 g/mol. The number of hydrogen-bond acceptors (Lipinski definition) is 4. The van der Waals surface area contributed by atoms with Crippen LogP contribution in [-0.4, -0.2) is 45.6 Å². The molecular formula is C21H28O6. The first-order valence-corrected chi connectivity index (χ1v) is 8.64. The molecule has 0 atom stereocenters. The van der Waals surface area contributed by atoms with Crippen molar-refractivity contribution < 1.29 is 30.0 Å². The van der Waals surface area contributed by atoms with Crippen molar-refractivity contribution in [3.8, 4) is 0 Å². The van der Waals surface area contributed by atoms with Gasteiger partial charge in [0, 0.05) is 5.41 Å². The number of rotatable bonds is 6. The maximum atomic E-state index is 10.2. The molecule has 27 heavy (non-hydrogen) atoms. The minimum atomic E-state index is -0.879. The van der Waals surface area contributed by atoms with Crippen molar-refractivity contribution in [2.75, 3.05) is 13.2 Å². The summed E-state index contributed by atoms with van der Waals surface area (Å²) in [5, 5.41) is 34.4. The van der Waals surface area contributed by atoms with Gasteiger partial charge in [-0.05, 0) is 37.1 Å². The molecule has 6 nitrogen and oxygen atoms in total. The third-order valence-corrected chi connectivity index (χ3v) is 4.21. The first-order valence-electron chi connectivity index (χ1n) is 8.64. The highest BCUT2D eigenvalue weighted by Gasteiger charge is 2.23. The van der Waals surface area contributed by atoms with Gasteiger partial charge < -0.3 is 20.4 Å². The topological polar surface area (TPSA) is 115 Å². The van der Waals surface area contributed by atoms with E-state index < -0.39 is 11.9 Å². The van der Waals surface area contributed by atoms with Crippen molar-refractivity contribution >= 4 is 11.9 Å². The van der Waals surface area contributed by atoms with Gasteiger partial charge in [-0.3, -0.25) is 0 Å². The lowest BCUT2D eigenvalue weighted by Crippen LogP contribution is -2.27. The average molecular weight is 376 g/mol. The molecule has 148 valence electrons. The van der Waals surface area contributed by atoms with Crippen LogP contribution in [0.4, 0.5) is 0 Å². The number of carboxylic acids is 2. The molecule has 4 N–H and O–H groups in total. The van der Waals surface area contributed by atoms with E-state index in [-0.39, 0.29) is 18.6 Å². The van der Waals surface area contributed by atoms with Crippen molar-refractivity contribution in [3.05, 3.63) is 71.8 Å². The Labute approximate surface area is 159 Å². The highest BCUT2D eigenvalue weighted by Crippen LogP contribution is 2.23. The maximum absolute atomic E-state index is 10.2. The number of aliphatic hydroxyl groups is 2. The smallest absolute Gasteiger partial charge is 0.335 e. The summed E-state index contributed by atoms with van der Waals surface area (Å²) >= 11 is 0. The van der Waals surface area contributed by atoms with E-state index in [1.165, 1.54) is 0 Å². The van der Waals surface area contributed by atoms with E-state index in [4.69, 9.17) is 20.4 Å². The Hall–Kier alpha value is -2.70. The third kappa shape index (κ3) is 9.53. The van der Waals surface area contributed by atoms with Crippen LogP contribution in [0.1, 0.15) is 47.4 Å². The number of hydrogen-bond donors (Lipinski definition) is 4. The standard InChI is InChI=1S/2C7H6O2.C7H16O2/c2*8-7(9)6-4-2-1-3-5-6;1-3-7(4-2,5-8)6-9/h2*1-5H,(H,8,9);8-9H,3-6H2,1-2H3.